The van der Waals surface area contributed by atoms with E-state index in [1.165, 1.54) is 83.5 Å². The van der Waals surface area contributed by atoms with Crippen molar-refractivity contribution in [2.75, 3.05) is 0 Å². The molecule has 0 bridgehead atoms. The van der Waals surface area contributed by atoms with E-state index in [0.717, 1.165) is 0 Å². The number of hydrogen-bond donors (Lipinski definition) is 0. The van der Waals surface area contributed by atoms with Gasteiger partial charge in [-0.15, -0.1) is 0 Å². The molecule has 15 heavy (non-hydrogen) atoms. The fraction of sp³-hybridized carbons (Fsp3) is 0.933. The van der Waals surface area contributed by atoms with Gasteiger partial charge < -0.3 is 0 Å². The molecule has 1 fully saturated rings. The van der Waals surface area contributed by atoms with Gasteiger partial charge in [-0.05, 0) is 25.7 Å². The fourth-order valence-corrected chi connectivity index (χ4v) is 2.63. The lowest BCUT2D eigenvalue weighted by molar-refractivity contribution is 0.562. The molecule has 0 saturated heterocycles. The Kier molecular flexibility index (Phi) is 7.87. The van der Waals surface area contributed by atoms with E-state index in [1.54, 1.807) is 0 Å². The zero-order chi connectivity index (χ0) is 10.8. The Morgan fingerprint density at radius 3 is 1.87 bits per heavy atom. The summed E-state index contributed by atoms with van der Waals surface area (Å²) in [5.41, 5.74) is 0. The molecule has 0 amide bonds. The SMILES string of the molecule is CCCCCCCCCC[C+]1CCCC1. The zero-order valence-electron chi connectivity index (χ0n) is 10.7. The molecule has 1 aliphatic carbocycles. The standard InChI is InChI=1S/C15H29/c1-2-3-4-5-6-7-8-9-12-15-13-10-11-14-15/h2-14H2,1H3/q+1. The minimum atomic E-state index is 1.37. The normalized spacial score (nSPS) is 16.2. The first-order chi connectivity index (χ1) is 7.43. The highest BCUT2D eigenvalue weighted by molar-refractivity contribution is 4.93. The molecule has 1 rings (SSSR count). The Labute approximate surface area is 96.8 Å². The van der Waals surface area contributed by atoms with Gasteiger partial charge in [0.2, 0.25) is 0 Å². The second kappa shape index (κ2) is 9.12. The molecular weight excluding hydrogens is 180 g/mol. The van der Waals surface area contributed by atoms with Crippen LogP contribution in [0.5, 0.6) is 0 Å². The highest BCUT2D eigenvalue weighted by Crippen LogP contribution is 2.31. The van der Waals surface area contributed by atoms with Crippen molar-refractivity contribution in [1.82, 2.24) is 0 Å². The van der Waals surface area contributed by atoms with Crippen LogP contribution in [0.25, 0.3) is 0 Å². The predicted octanol–water partition coefficient (Wildman–Crippen LogP) is 5.67. The maximum atomic E-state index is 2.29. The van der Waals surface area contributed by atoms with Crippen molar-refractivity contribution >= 4 is 0 Å². The molecule has 0 N–H and O–H groups in total. The van der Waals surface area contributed by atoms with Crippen LogP contribution in [-0.2, 0) is 0 Å². The van der Waals surface area contributed by atoms with Gasteiger partial charge >= 0.3 is 0 Å². The summed E-state index contributed by atoms with van der Waals surface area (Å²) in [4.78, 5) is 0. The average Bonchev–Trinajstić information content (AvgIpc) is 2.75. The summed E-state index contributed by atoms with van der Waals surface area (Å²) in [5.74, 6) is 1.88. The van der Waals surface area contributed by atoms with Gasteiger partial charge in [0.25, 0.3) is 0 Å². The minimum Gasteiger partial charge on any atom is -0.0654 e. The van der Waals surface area contributed by atoms with Crippen molar-refractivity contribution in [2.45, 2.75) is 90.4 Å². The highest BCUT2D eigenvalue weighted by atomic mass is 14.2. The first kappa shape index (κ1) is 12.9. The minimum absolute atomic E-state index is 1.37. The summed E-state index contributed by atoms with van der Waals surface area (Å²) in [6.07, 6.45) is 19.0. The van der Waals surface area contributed by atoms with Gasteiger partial charge in [-0.3, -0.25) is 0 Å². The van der Waals surface area contributed by atoms with Gasteiger partial charge in [-0.1, -0.05) is 45.4 Å². The van der Waals surface area contributed by atoms with E-state index in [0.29, 0.717) is 0 Å². The maximum absolute atomic E-state index is 2.29. The van der Waals surface area contributed by atoms with Crippen molar-refractivity contribution < 1.29 is 0 Å². The fourth-order valence-electron chi connectivity index (χ4n) is 2.63. The van der Waals surface area contributed by atoms with Crippen molar-refractivity contribution in [2.24, 2.45) is 0 Å². The van der Waals surface area contributed by atoms with E-state index in [9.17, 15) is 0 Å². The molecule has 1 saturated carbocycles. The van der Waals surface area contributed by atoms with Crippen molar-refractivity contribution in [3.05, 3.63) is 5.92 Å². The van der Waals surface area contributed by atoms with E-state index in [4.69, 9.17) is 0 Å². The first-order valence-corrected chi connectivity index (χ1v) is 7.27. The van der Waals surface area contributed by atoms with Crippen LogP contribution >= 0.6 is 0 Å². The van der Waals surface area contributed by atoms with E-state index >= 15 is 0 Å². The highest BCUT2D eigenvalue weighted by Gasteiger charge is 2.24. The Hall–Kier alpha value is -0.130. The molecular formula is C15H29+. The monoisotopic (exact) mass is 209 g/mol. The molecule has 0 aliphatic heterocycles. The number of unbranched alkanes of at least 4 members (excludes halogenated alkanes) is 7. The van der Waals surface area contributed by atoms with Crippen LogP contribution in [0.3, 0.4) is 0 Å². The van der Waals surface area contributed by atoms with Gasteiger partial charge in [0, 0.05) is 0 Å². The summed E-state index contributed by atoms with van der Waals surface area (Å²) in [5, 5.41) is 0. The summed E-state index contributed by atoms with van der Waals surface area (Å²) < 4.78 is 0. The van der Waals surface area contributed by atoms with Crippen molar-refractivity contribution in [1.29, 1.82) is 0 Å². The summed E-state index contributed by atoms with van der Waals surface area (Å²) >= 11 is 0. The van der Waals surface area contributed by atoms with Crippen LogP contribution < -0.4 is 0 Å². The van der Waals surface area contributed by atoms with Gasteiger partial charge in [-0.25, -0.2) is 0 Å². The average molecular weight is 209 g/mol. The number of hydrogen-bond acceptors (Lipinski definition) is 0. The van der Waals surface area contributed by atoms with Gasteiger partial charge in [-0.2, -0.15) is 0 Å². The van der Waals surface area contributed by atoms with E-state index in [1.807, 2.05) is 5.92 Å². The topological polar surface area (TPSA) is 0 Å². The second-order valence-corrected chi connectivity index (χ2v) is 5.18. The molecule has 0 aromatic carbocycles. The Morgan fingerprint density at radius 1 is 0.733 bits per heavy atom. The largest absolute Gasteiger partial charge is 0.0904 e. The maximum Gasteiger partial charge on any atom is 0.0904 e. The van der Waals surface area contributed by atoms with Crippen molar-refractivity contribution in [3.8, 4) is 0 Å². The van der Waals surface area contributed by atoms with Gasteiger partial charge in [0.15, 0.2) is 0 Å². The molecule has 0 unspecified atom stereocenters. The summed E-state index contributed by atoms with van der Waals surface area (Å²) in [6, 6.07) is 0. The molecule has 0 spiro atoms. The number of rotatable bonds is 9. The molecule has 0 aromatic heterocycles. The van der Waals surface area contributed by atoms with Crippen LogP contribution in [-0.4, -0.2) is 0 Å². The predicted molar refractivity (Wildman–Crippen MR) is 68.9 cm³/mol. The molecule has 0 radical (unpaired) electrons. The molecule has 0 heterocycles. The Balaban J connectivity index is 1.73. The molecule has 1 aliphatic rings. The lowest BCUT2D eigenvalue weighted by Crippen LogP contribution is -1.90. The van der Waals surface area contributed by atoms with Crippen LogP contribution in [0.4, 0.5) is 0 Å². The molecule has 88 valence electrons. The van der Waals surface area contributed by atoms with E-state index in [2.05, 4.69) is 6.92 Å². The Morgan fingerprint density at radius 2 is 1.27 bits per heavy atom. The summed E-state index contributed by atoms with van der Waals surface area (Å²) in [6.45, 7) is 2.29. The van der Waals surface area contributed by atoms with E-state index < -0.39 is 0 Å². The summed E-state index contributed by atoms with van der Waals surface area (Å²) in [7, 11) is 0. The zero-order valence-corrected chi connectivity index (χ0v) is 10.7. The van der Waals surface area contributed by atoms with Gasteiger partial charge in [0.05, 0.1) is 25.2 Å². The van der Waals surface area contributed by atoms with Crippen molar-refractivity contribution in [3.63, 3.8) is 0 Å². The van der Waals surface area contributed by atoms with E-state index in [-0.39, 0.29) is 0 Å². The first-order valence-electron chi connectivity index (χ1n) is 7.27. The van der Waals surface area contributed by atoms with Crippen LogP contribution in [0.15, 0.2) is 0 Å². The van der Waals surface area contributed by atoms with Crippen LogP contribution in [0.2, 0.25) is 0 Å². The molecule has 0 atom stereocenters. The second-order valence-electron chi connectivity index (χ2n) is 5.18. The third kappa shape index (κ3) is 6.87. The molecule has 0 nitrogen and oxygen atoms in total. The quantitative estimate of drug-likeness (QED) is 0.339. The lowest BCUT2D eigenvalue weighted by atomic mass is 9.99. The third-order valence-corrected chi connectivity index (χ3v) is 3.69. The smallest absolute Gasteiger partial charge is 0.0654 e. The van der Waals surface area contributed by atoms with Crippen LogP contribution in [0, 0.1) is 5.92 Å². The molecule has 0 heteroatoms. The van der Waals surface area contributed by atoms with Crippen LogP contribution in [0.1, 0.15) is 90.4 Å². The van der Waals surface area contributed by atoms with Gasteiger partial charge in [0.1, 0.15) is 0 Å². The Bertz CT molecular complexity index is 122. The third-order valence-electron chi connectivity index (χ3n) is 3.69. The molecule has 0 aromatic rings. The lowest BCUT2D eigenvalue weighted by Gasteiger charge is -2.01.